The Morgan fingerprint density at radius 1 is 1.20 bits per heavy atom. The highest BCUT2D eigenvalue weighted by Gasteiger charge is 2.18. The Labute approximate surface area is 187 Å². The lowest BCUT2D eigenvalue weighted by molar-refractivity contribution is -0.113. The summed E-state index contributed by atoms with van der Waals surface area (Å²) in [5.74, 6) is 1.32. The number of hydrogen-bond acceptors (Lipinski definition) is 6. The van der Waals surface area contributed by atoms with Gasteiger partial charge in [0.15, 0.2) is 22.9 Å². The van der Waals surface area contributed by atoms with Crippen molar-refractivity contribution in [2.24, 2.45) is 7.05 Å². The van der Waals surface area contributed by atoms with Crippen LogP contribution in [0, 0.1) is 0 Å². The molecule has 0 saturated carbocycles. The van der Waals surface area contributed by atoms with Crippen LogP contribution in [-0.2, 0) is 11.8 Å². The Hall–Kier alpha value is -2.65. The maximum Gasteiger partial charge on any atom is 0.234 e. The number of benzene rings is 2. The quantitative estimate of drug-likeness (QED) is 0.366. The first-order valence-electron chi connectivity index (χ1n) is 9.18. The molecule has 1 atom stereocenters. The van der Waals surface area contributed by atoms with Crippen molar-refractivity contribution < 1.29 is 14.3 Å². The zero-order chi connectivity index (χ0) is 21.7. The molecule has 3 aromatic rings. The van der Waals surface area contributed by atoms with Crippen molar-refractivity contribution in [3.05, 3.63) is 64.4 Å². The molecule has 1 unspecified atom stereocenters. The minimum absolute atomic E-state index is 0.0495. The molecule has 0 radical (unpaired) electrons. The number of ketones is 1. The van der Waals surface area contributed by atoms with Gasteiger partial charge in [-0.2, -0.15) is 0 Å². The van der Waals surface area contributed by atoms with E-state index in [-0.39, 0.29) is 23.5 Å². The second kappa shape index (κ2) is 9.90. The van der Waals surface area contributed by atoms with E-state index in [1.54, 1.807) is 24.3 Å². The van der Waals surface area contributed by atoms with Gasteiger partial charge < -0.3 is 14.6 Å². The molecule has 0 spiro atoms. The summed E-state index contributed by atoms with van der Waals surface area (Å²) >= 11 is 4.68. The number of nitrogens with zero attached hydrogens (tertiary/aromatic N) is 3. The van der Waals surface area contributed by atoms with Crippen molar-refractivity contribution >= 4 is 45.1 Å². The second-order valence-electron chi connectivity index (χ2n) is 6.59. The monoisotopic (exact) mass is 488 g/mol. The van der Waals surface area contributed by atoms with E-state index in [4.69, 9.17) is 4.74 Å². The second-order valence-corrected chi connectivity index (χ2v) is 8.45. The fourth-order valence-electron chi connectivity index (χ4n) is 2.72. The molecule has 156 valence electrons. The van der Waals surface area contributed by atoms with Crippen LogP contribution in [0.2, 0.25) is 0 Å². The van der Waals surface area contributed by atoms with Crippen molar-refractivity contribution in [3.8, 4) is 5.75 Å². The summed E-state index contributed by atoms with van der Waals surface area (Å²) in [6, 6.07) is 14.4. The summed E-state index contributed by atoms with van der Waals surface area (Å²) in [6.45, 7) is 3.39. The fourth-order valence-corrected chi connectivity index (χ4v) is 3.70. The van der Waals surface area contributed by atoms with Gasteiger partial charge in [0.25, 0.3) is 0 Å². The summed E-state index contributed by atoms with van der Waals surface area (Å²) in [6.07, 6.45) is -0.304. The normalized spacial score (nSPS) is 11.7. The van der Waals surface area contributed by atoms with Crippen LogP contribution in [-0.4, -0.2) is 32.2 Å². The minimum atomic E-state index is -0.304. The van der Waals surface area contributed by atoms with Gasteiger partial charge in [-0.05, 0) is 50.2 Å². The predicted octanol–water partition coefficient (Wildman–Crippen LogP) is 4.65. The summed E-state index contributed by atoms with van der Waals surface area (Å²) in [4.78, 5) is 23.8. The summed E-state index contributed by atoms with van der Waals surface area (Å²) in [5.41, 5.74) is 1.14. The van der Waals surface area contributed by atoms with Crippen LogP contribution in [0.5, 0.6) is 5.75 Å². The standard InChI is InChI=1S/C21H21BrN4O3S/c1-13(27)15-5-4-6-17(11-15)23-19(28)12-30-21-25-24-20(26(21)3)14(2)29-18-9-7-16(22)8-10-18/h4-11,14H,12H2,1-3H3,(H,23,28). The van der Waals surface area contributed by atoms with Gasteiger partial charge in [0.2, 0.25) is 5.91 Å². The molecule has 9 heteroatoms. The summed E-state index contributed by atoms with van der Waals surface area (Å²) < 4.78 is 8.72. The van der Waals surface area contributed by atoms with Crippen LogP contribution < -0.4 is 10.1 Å². The average Bonchev–Trinajstić information content (AvgIpc) is 3.09. The smallest absolute Gasteiger partial charge is 0.234 e. The minimum Gasteiger partial charge on any atom is -0.483 e. The van der Waals surface area contributed by atoms with Gasteiger partial charge in [-0.3, -0.25) is 9.59 Å². The Kier molecular flexibility index (Phi) is 7.28. The largest absolute Gasteiger partial charge is 0.483 e. The van der Waals surface area contributed by atoms with E-state index in [0.29, 0.717) is 22.2 Å². The van der Waals surface area contributed by atoms with Crippen LogP contribution in [0.1, 0.15) is 36.1 Å². The van der Waals surface area contributed by atoms with E-state index in [9.17, 15) is 9.59 Å². The number of hydrogen-bond donors (Lipinski definition) is 1. The van der Waals surface area contributed by atoms with Gasteiger partial charge in [0.05, 0.1) is 5.75 Å². The van der Waals surface area contributed by atoms with E-state index in [0.717, 1.165) is 10.2 Å². The zero-order valence-corrected chi connectivity index (χ0v) is 19.2. The molecule has 30 heavy (non-hydrogen) atoms. The van der Waals surface area contributed by atoms with Crippen molar-refractivity contribution in [2.45, 2.75) is 25.1 Å². The van der Waals surface area contributed by atoms with Gasteiger partial charge in [-0.25, -0.2) is 0 Å². The molecule has 0 saturated heterocycles. The number of carbonyl (C=O) groups is 2. The molecular weight excluding hydrogens is 468 g/mol. The van der Waals surface area contributed by atoms with Crippen LogP contribution in [0.3, 0.4) is 0 Å². The van der Waals surface area contributed by atoms with E-state index in [1.165, 1.54) is 18.7 Å². The number of nitrogens with one attached hydrogen (secondary N) is 1. The molecule has 0 fully saturated rings. The Balaban J connectivity index is 1.58. The number of ether oxygens (including phenoxy) is 1. The summed E-state index contributed by atoms with van der Waals surface area (Å²) in [7, 11) is 1.84. The maximum atomic E-state index is 12.3. The molecule has 1 aromatic heterocycles. The van der Waals surface area contributed by atoms with Crippen molar-refractivity contribution in [1.82, 2.24) is 14.8 Å². The number of carbonyl (C=O) groups excluding carboxylic acids is 2. The maximum absolute atomic E-state index is 12.3. The first-order valence-corrected chi connectivity index (χ1v) is 11.0. The first kappa shape index (κ1) is 22.0. The molecule has 3 rings (SSSR count). The number of Topliss-reactive ketones (excluding diaryl/α,β-unsaturated/α-hetero) is 1. The van der Waals surface area contributed by atoms with Gasteiger partial charge in [0.1, 0.15) is 5.75 Å². The number of amides is 1. The molecule has 1 heterocycles. The van der Waals surface area contributed by atoms with Crippen molar-refractivity contribution in [2.75, 3.05) is 11.1 Å². The van der Waals surface area contributed by atoms with Crippen molar-refractivity contribution in [1.29, 1.82) is 0 Å². The van der Waals surface area contributed by atoms with E-state index in [2.05, 4.69) is 31.4 Å². The molecule has 0 bridgehead atoms. The fraction of sp³-hybridized carbons (Fsp3) is 0.238. The molecule has 7 nitrogen and oxygen atoms in total. The van der Waals surface area contributed by atoms with Gasteiger partial charge in [-0.15, -0.1) is 10.2 Å². The number of thioether (sulfide) groups is 1. The highest BCUT2D eigenvalue weighted by atomic mass is 79.9. The Bertz CT molecular complexity index is 1050. The molecule has 0 aliphatic heterocycles. The number of anilines is 1. The predicted molar refractivity (Wildman–Crippen MR) is 120 cm³/mol. The van der Waals surface area contributed by atoms with Crippen molar-refractivity contribution in [3.63, 3.8) is 0 Å². The Morgan fingerprint density at radius 2 is 1.93 bits per heavy atom. The van der Waals surface area contributed by atoms with Gasteiger partial charge in [-0.1, -0.05) is 39.8 Å². The van der Waals surface area contributed by atoms with E-state index >= 15 is 0 Å². The highest BCUT2D eigenvalue weighted by Crippen LogP contribution is 2.25. The van der Waals surface area contributed by atoms with Gasteiger partial charge >= 0.3 is 0 Å². The lowest BCUT2D eigenvalue weighted by Crippen LogP contribution is -2.15. The number of rotatable bonds is 8. The molecule has 1 amide bonds. The molecule has 0 aliphatic rings. The van der Waals surface area contributed by atoms with E-state index < -0.39 is 0 Å². The molecule has 0 aliphatic carbocycles. The van der Waals surface area contributed by atoms with E-state index in [1.807, 2.05) is 42.8 Å². The van der Waals surface area contributed by atoms with Crippen LogP contribution in [0.15, 0.2) is 58.2 Å². The third-order valence-electron chi connectivity index (χ3n) is 4.24. The van der Waals surface area contributed by atoms with Gasteiger partial charge in [0, 0.05) is 22.8 Å². The Morgan fingerprint density at radius 3 is 2.63 bits per heavy atom. The molecule has 2 aromatic carbocycles. The average molecular weight is 489 g/mol. The molecular formula is C21H21BrN4O3S. The third-order valence-corrected chi connectivity index (χ3v) is 5.79. The van der Waals surface area contributed by atoms with Crippen LogP contribution in [0.25, 0.3) is 0 Å². The zero-order valence-electron chi connectivity index (χ0n) is 16.8. The SMILES string of the molecule is CC(=O)c1cccc(NC(=O)CSc2nnc(C(C)Oc3ccc(Br)cc3)n2C)c1. The van der Waals surface area contributed by atoms with Crippen LogP contribution in [0.4, 0.5) is 5.69 Å². The van der Waals surface area contributed by atoms with Crippen LogP contribution >= 0.6 is 27.7 Å². The lowest BCUT2D eigenvalue weighted by Gasteiger charge is -2.14. The number of aromatic nitrogens is 3. The number of halogens is 1. The lowest BCUT2D eigenvalue weighted by atomic mass is 10.1. The summed E-state index contributed by atoms with van der Waals surface area (Å²) in [5, 5.41) is 11.8. The first-order chi connectivity index (χ1) is 14.3. The topological polar surface area (TPSA) is 86.1 Å². The molecule has 1 N–H and O–H groups in total. The highest BCUT2D eigenvalue weighted by molar-refractivity contribution is 9.10. The third kappa shape index (κ3) is 5.70.